The highest BCUT2D eigenvalue weighted by atomic mass is 16.4. The van der Waals surface area contributed by atoms with Crippen LogP contribution in [0.4, 0.5) is 10.5 Å². The molecule has 2 rings (SSSR count). The molecule has 0 radical (unpaired) electrons. The minimum absolute atomic E-state index is 0.0993. The summed E-state index contributed by atoms with van der Waals surface area (Å²) in [6.07, 6.45) is 2.02. The van der Waals surface area contributed by atoms with Crippen LogP contribution in [0.5, 0.6) is 0 Å². The highest BCUT2D eigenvalue weighted by Crippen LogP contribution is 2.21. The topological polar surface area (TPSA) is 98.7 Å². The van der Waals surface area contributed by atoms with E-state index in [1.54, 1.807) is 25.1 Å². The number of hydrogen-bond donors (Lipinski definition) is 3. The predicted molar refractivity (Wildman–Crippen MR) is 90.1 cm³/mol. The number of benzene rings is 1. The molecule has 130 valence electrons. The van der Waals surface area contributed by atoms with Crippen LogP contribution in [0, 0.1) is 12.8 Å². The quantitative estimate of drug-likeness (QED) is 0.742. The Morgan fingerprint density at radius 1 is 1.33 bits per heavy atom. The molecule has 0 heterocycles. The monoisotopic (exact) mass is 333 g/mol. The molecule has 3 amide bonds. The smallest absolute Gasteiger partial charge is 0.321 e. The summed E-state index contributed by atoms with van der Waals surface area (Å²) in [4.78, 5) is 36.5. The van der Waals surface area contributed by atoms with Crippen LogP contribution in [0.25, 0.3) is 0 Å². The predicted octanol–water partition coefficient (Wildman–Crippen LogP) is 2.07. The van der Waals surface area contributed by atoms with E-state index in [0.717, 1.165) is 18.4 Å². The van der Waals surface area contributed by atoms with Gasteiger partial charge in [-0.2, -0.15) is 0 Å². The van der Waals surface area contributed by atoms with E-state index in [0.29, 0.717) is 11.3 Å². The van der Waals surface area contributed by atoms with E-state index in [1.165, 1.54) is 11.9 Å². The molecule has 1 atom stereocenters. The molecule has 1 aliphatic rings. The van der Waals surface area contributed by atoms with Crippen LogP contribution in [0.15, 0.2) is 18.2 Å². The van der Waals surface area contributed by atoms with Gasteiger partial charge >= 0.3 is 12.0 Å². The molecule has 0 aromatic heterocycles. The molecule has 1 fully saturated rings. The molecule has 0 bridgehead atoms. The van der Waals surface area contributed by atoms with Gasteiger partial charge in [-0.05, 0) is 37.5 Å². The average Bonchev–Trinajstić information content (AvgIpc) is 3.32. The highest BCUT2D eigenvalue weighted by Gasteiger charge is 2.24. The van der Waals surface area contributed by atoms with E-state index in [1.807, 2.05) is 6.92 Å². The fourth-order valence-corrected chi connectivity index (χ4v) is 2.18. The van der Waals surface area contributed by atoms with Crippen molar-refractivity contribution >= 4 is 23.6 Å². The Balaban J connectivity index is 2.03. The van der Waals surface area contributed by atoms with E-state index in [2.05, 4.69) is 10.6 Å². The number of rotatable bonds is 6. The number of aliphatic carboxylic acids is 1. The Kier molecular flexibility index (Phi) is 5.43. The van der Waals surface area contributed by atoms with E-state index in [9.17, 15) is 14.4 Å². The molecule has 1 aliphatic carbocycles. The van der Waals surface area contributed by atoms with Gasteiger partial charge in [0.25, 0.3) is 5.91 Å². The number of carboxylic acid groups (broad SMARTS) is 1. The van der Waals surface area contributed by atoms with Gasteiger partial charge in [0.15, 0.2) is 0 Å². The first-order valence-corrected chi connectivity index (χ1v) is 7.94. The van der Waals surface area contributed by atoms with Crippen molar-refractivity contribution in [1.82, 2.24) is 10.2 Å². The molecule has 7 heteroatoms. The maximum Gasteiger partial charge on any atom is 0.321 e. The molecule has 0 aliphatic heterocycles. The maximum atomic E-state index is 12.2. The summed E-state index contributed by atoms with van der Waals surface area (Å²) in [5.74, 6) is -1.76. The van der Waals surface area contributed by atoms with Gasteiger partial charge in [0.2, 0.25) is 0 Å². The first-order valence-electron chi connectivity index (χ1n) is 7.94. The normalized spacial score (nSPS) is 14.6. The number of anilines is 1. The molecule has 7 nitrogen and oxygen atoms in total. The van der Waals surface area contributed by atoms with Crippen LogP contribution in [0.2, 0.25) is 0 Å². The van der Waals surface area contributed by atoms with Crippen molar-refractivity contribution < 1.29 is 19.5 Å². The van der Waals surface area contributed by atoms with Crippen LogP contribution >= 0.6 is 0 Å². The summed E-state index contributed by atoms with van der Waals surface area (Å²) in [5, 5.41) is 14.6. The van der Waals surface area contributed by atoms with Crippen molar-refractivity contribution in [2.24, 2.45) is 5.92 Å². The minimum Gasteiger partial charge on any atom is -0.481 e. The average molecular weight is 333 g/mol. The van der Waals surface area contributed by atoms with Crippen molar-refractivity contribution in [2.75, 3.05) is 18.9 Å². The van der Waals surface area contributed by atoms with E-state index in [-0.39, 0.29) is 18.5 Å². The Bertz CT molecular complexity index is 655. The Labute approximate surface area is 141 Å². The lowest BCUT2D eigenvalue weighted by atomic mass is 10.1. The first kappa shape index (κ1) is 17.8. The number of carbonyl (C=O) groups is 3. The number of nitrogens with zero attached hydrogens (tertiary/aromatic N) is 1. The standard InChI is InChI=1S/C17H23N3O4/c1-10-4-5-12(15(21)18-13-6-7-13)8-14(10)19-17(24)20(3)9-11(2)16(22)23/h4-5,8,11,13H,6-7,9H2,1-3H3,(H,18,21)(H,19,24)(H,22,23). The number of aryl methyl sites for hydroxylation is 1. The molecular weight excluding hydrogens is 310 g/mol. The molecule has 24 heavy (non-hydrogen) atoms. The highest BCUT2D eigenvalue weighted by molar-refractivity contribution is 5.97. The molecular formula is C17H23N3O4. The van der Waals surface area contributed by atoms with Gasteiger partial charge in [-0.15, -0.1) is 0 Å². The minimum atomic E-state index is -0.954. The summed E-state index contributed by atoms with van der Waals surface area (Å²) >= 11 is 0. The van der Waals surface area contributed by atoms with Crippen molar-refractivity contribution in [3.63, 3.8) is 0 Å². The van der Waals surface area contributed by atoms with Gasteiger partial charge in [-0.1, -0.05) is 13.0 Å². The molecule has 1 saturated carbocycles. The summed E-state index contributed by atoms with van der Waals surface area (Å²) < 4.78 is 0. The lowest BCUT2D eigenvalue weighted by Gasteiger charge is -2.21. The first-order chi connectivity index (χ1) is 11.3. The van der Waals surface area contributed by atoms with Crippen LogP contribution in [-0.4, -0.2) is 47.5 Å². The van der Waals surface area contributed by atoms with Gasteiger partial charge in [0, 0.05) is 30.9 Å². The van der Waals surface area contributed by atoms with Crippen LogP contribution in [-0.2, 0) is 4.79 Å². The van der Waals surface area contributed by atoms with Crippen molar-refractivity contribution in [1.29, 1.82) is 0 Å². The molecule has 1 aromatic rings. The second kappa shape index (κ2) is 7.33. The van der Waals surface area contributed by atoms with Crippen LogP contribution in [0.3, 0.4) is 0 Å². The third-order valence-electron chi connectivity index (χ3n) is 3.97. The Hall–Kier alpha value is -2.57. The SMILES string of the molecule is Cc1ccc(C(=O)NC2CC2)cc1NC(=O)N(C)CC(C)C(=O)O. The number of carbonyl (C=O) groups excluding carboxylic acids is 2. The van der Waals surface area contributed by atoms with E-state index in [4.69, 9.17) is 5.11 Å². The fraction of sp³-hybridized carbons (Fsp3) is 0.471. The summed E-state index contributed by atoms with van der Waals surface area (Å²) in [6.45, 7) is 3.47. The number of urea groups is 1. The summed E-state index contributed by atoms with van der Waals surface area (Å²) in [6, 6.07) is 4.99. The zero-order valence-electron chi connectivity index (χ0n) is 14.1. The summed E-state index contributed by atoms with van der Waals surface area (Å²) in [5.41, 5.74) is 1.86. The molecule has 3 N–H and O–H groups in total. The fourth-order valence-electron chi connectivity index (χ4n) is 2.18. The number of hydrogen-bond acceptors (Lipinski definition) is 3. The zero-order valence-corrected chi connectivity index (χ0v) is 14.1. The van der Waals surface area contributed by atoms with Gasteiger partial charge in [0.1, 0.15) is 0 Å². The lowest BCUT2D eigenvalue weighted by Crippen LogP contribution is -2.36. The number of carboxylic acids is 1. The Morgan fingerprint density at radius 2 is 2.00 bits per heavy atom. The van der Waals surface area contributed by atoms with E-state index < -0.39 is 17.9 Å². The zero-order chi connectivity index (χ0) is 17.9. The van der Waals surface area contributed by atoms with Gasteiger partial charge in [-0.25, -0.2) is 4.79 Å². The molecule has 1 aromatic carbocycles. The largest absolute Gasteiger partial charge is 0.481 e. The molecule has 1 unspecified atom stereocenters. The second-order valence-corrected chi connectivity index (χ2v) is 6.33. The van der Waals surface area contributed by atoms with Gasteiger partial charge < -0.3 is 20.6 Å². The Morgan fingerprint density at radius 3 is 2.58 bits per heavy atom. The number of amides is 3. The third kappa shape index (κ3) is 4.71. The third-order valence-corrected chi connectivity index (χ3v) is 3.97. The number of nitrogens with one attached hydrogen (secondary N) is 2. The van der Waals surface area contributed by atoms with Gasteiger partial charge in [0.05, 0.1) is 5.92 Å². The van der Waals surface area contributed by atoms with Crippen LogP contribution in [0.1, 0.15) is 35.7 Å². The van der Waals surface area contributed by atoms with Crippen molar-refractivity contribution in [2.45, 2.75) is 32.7 Å². The van der Waals surface area contributed by atoms with Crippen molar-refractivity contribution in [3.8, 4) is 0 Å². The lowest BCUT2D eigenvalue weighted by molar-refractivity contribution is -0.141. The van der Waals surface area contributed by atoms with E-state index >= 15 is 0 Å². The summed E-state index contributed by atoms with van der Waals surface area (Å²) in [7, 11) is 1.54. The molecule has 0 saturated heterocycles. The maximum absolute atomic E-state index is 12.2. The second-order valence-electron chi connectivity index (χ2n) is 6.33. The van der Waals surface area contributed by atoms with Gasteiger partial charge in [-0.3, -0.25) is 9.59 Å². The molecule has 0 spiro atoms. The van der Waals surface area contributed by atoms with Crippen LogP contribution < -0.4 is 10.6 Å². The van der Waals surface area contributed by atoms with Crippen molar-refractivity contribution in [3.05, 3.63) is 29.3 Å².